The zero-order valence-electron chi connectivity index (χ0n) is 20.8. The van der Waals surface area contributed by atoms with Gasteiger partial charge in [0.25, 0.3) is 0 Å². The monoisotopic (exact) mass is 522 g/mol. The van der Waals surface area contributed by atoms with E-state index in [1.54, 1.807) is 36.4 Å². The highest BCUT2D eigenvalue weighted by molar-refractivity contribution is 5.45. The third-order valence-corrected chi connectivity index (χ3v) is 7.19. The van der Waals surface area contributed by atoms with E-state index in [0.717, 1.165) is 11.1 Å². The first-order valence-electron chi connectivity index (χ1n) is 12.0. The largest absolute Gasteiger partial charge is 0.504 e. The Labute approximate surface area is 214 Å². The molecule has 204 valence electrons. The first-order valence-corrected chi connectivity index (χ1v) is 12.0. The summed E-state index contributed by atoms with van der Waals surface area (Å²) >= 11 is 0. The van der Waals surface area contributed by atoms with Crippen molar-refractivity contribution in [3.8, 4) is 23.0 Å². The smallest absolute Gasteiger partial charge is 0.229 e. The van der Waals surface area contributed by atoms with Crippen LogP contribution in [-0.4, -0.2) is 88.8 Å². The number of ether oxygens (including phenoxy) is 5. The number of hydrogen-bond acceptors (Lipinski definition) is 11. The van der Waals surface area contributed by atoms with Crippen LogP contribution in [0.2, 0.25) is 0 Å². The number of phenolic OH excluding ortho intramolecular Hbond substituents is 1. The molecule has 0 bridgehead atoms. The Morgan fingerprint density at radius 1 is 0.757 bits per heavy atom. The summed E-state index contributed by atoms with van der Waals surface area (Å²) in [5.74, 6) is 0.520. The summed E-state index contributed by atoms with van der Waals surface area (Å²) in [6.07, 6.45) is -7.96. The van der Waals surface area contributed by atoms with Crippen LogP contribution in [0.25, 0.3) is 0 Å². The SMILES string of the molecule is COc1cc([C@@H]2O[C@H](c3ccc(O[C@@H]4O[C@H](CO)[C@@H](O)[C@H](O)[C@H]4O)c(OC)c3)[C@H](CO)[C@H]2C)ccc1O. The molecule has 2 fully saturated rings. The van der Waals surface area contributed by atoms with Crippen LogP contribution in [0.15, 0.2) is 36.4 Å². The second-order valence-electron chi connectivity index (χ2n) is 9.34. The lowest BCUT2D eigenvalue weighted by Crippen LogP contribution is -2.60. The zero-order valence-corrected chi connectivity index (χ0v) is 20.8. The molecular weight excluding hydrogens is 488 g/mol. The lowest BCUT2D eigenvalue weighted by Gasteiger charge is -2.39. The van der Waals surface area contributed by atoms with Gasteiger partial charge < -0.3 is 54.3 Å². The predicted molar refractivity (Wildman–Crippen MR) is 128 cm³/mol. The first kappa shape index (κ1) is 27.4. The molecule has 6 N–H and O–H groups in total. The van der Waals surface area contributed by atoms with Crippen molar-refractivity contribution in [1.82, 2.24) is 0 Å². The van der Waals surface area contributed by atoms with Crippen molar-refractivity contribution in [3.05, 3.63) is 47.5 Å². The highest BCUT2D eigenvalue weighted by atomic mass is 16.7. The molecule has 0 aliphatic carbocycles. The molecule has 11 nitrogen and oxygen atoms in total. The second-order valence-corrected chi connectivity index (χ2v) is 9.34. The lowest BCUT2D eigenvalue weighted by atomic mass is 9.84. The number of aromatic hydroxyl groups is 1. The minimum absolute atomic E-state index is 0.0203. The molecule has 0 radical (unpaired) electrons. The number of aliphatic hydroxyl groups is 5. The Morgan fingerprint density at radius 3 is 2.05 bits per heavy atom. The van der Waals surface area contributed by atoms with E-state index >= 15 is 0 Å². The van der Waals surface area contributed by atoms with Gasteiger partial charge in [-0.05, 0) is 41.3 Å². The van der Waals surface area contributed by atoms with Crippen LogP contribution < -0.4 is 14.2 Å². The summed E-state index contributed by atoms with van der Waals surface area (Å²) in [5, 5.41) is 59.9. The average molecular weight is 523 g/mol. The van der Waals surface area contributed by atoms with E-state index in [9.17, 15) is 30.6 Å². The van der Waals surface area contributed by atoms with Gasteiger partial charge in [0.05, 0.1) is 33.0 Å². The molecule has 0 spiro atoms. The van der Waals surface area contributed by atoms with Crippen LogP contribution in [0.4, 0.5) is 0 Å². The molecule has 0 saturated carbocycles. The van der Waals surface area contributed by atoms with Gasteiger partial charge in [-0.25, -0.2) is 0 Å². The van der Waals surface area contributed by atoms with Crippen molar-refractivity contribution in [2.45, 2.75) is 49.8 Å². The summed E-state index contributed by atoms with van der Waals surface area (Å²) in [7, 11) is 2.91. The molecule has 2 saturated heterocycles. The van der Waals surface area contributed by atoms with Gasteiger partial charge in [0.15, 0.2) is 23.0 Å². The van der Waals surface area contributed by atoms with Gasteiger partial charge in [0.1, 0.15) is 24.4 Å². The number of benzene rings is 2. The fraction of sp³-hybridized carbons (Fsp3) is 0.538. The van der Waals surface area contributed by atoms with Crippen molar-refractivity contribution in [2.75, 3.05) is 27.4 Å². The summed E-state index contributed by atoms with van der Waals surface area (Å²) in [4.78, 5) is 0. The molecule has 0 aromatic heterocycles. The molecular formula is C26H34O11. The highest BCUT2D eigenvalue weighted by Gasteiger charge is 2.46. The molecule has 2 aromatic carbocycles. The summed E-state index contributed by atoms with van der Waals surface area (Å²) in [5.41, 5.74) is 1.52. The van der Waals surface area contributed by atoms with E-state index in [4.69, 9.17) is 23.7 Å². The fourth-order valence-electron chi connectivity index (χ4n) is 4.97. The maximum Gasteiger partial charge on any atom is 0.229 e. The van der Waals surface area contributed by atoms with E-state index in [1.165, 1.54) is 14.2 Å². The Kier molecular flexibility index (Phi) is 8.44. The van der Waals surface area contributed by atoms with Crippen LogP contribution in [0.3, 0.4) is 0 Å². The normalized spacial score (nSPS) is 33.8. The molecule has 2 heterocycles. The number of methoxy groups -OCH3 is 2. The minimum Gasteiger partial charge on any atom is -0.504 e. The fourth-order valence-corrected chi connectivity index (χ4v) is 4.97. The van der Waals surface area contributed by atoms with Crippen LogP contribution in [0.1, 0.15) is 30.3 Å². The van der Waals surface area contributed by atoms with Gasteiger partial charge in [0.2, 0.25) is 6.29 Å². The Balaban J connectivity index is 1.57. The summed E-state index contributed by atoms with van der Waals surface area (Å²) in [6.45, 7) is 1.29. The van der Waals surface area contributed by atoms with Gasteiger partial charge in [-0.2, -0.15) is 0 Å². The molecule has 2 aromatic rings. The van der Waals surface area contributed by atoms with Crippen LogP contribution in [0, 0.1) is 11.8 Å². The van der Waals surface area contributed by atoms with Gasteiger partial charge in [0, 0.05) is 12.5 Å². The van der Waals surface area contributed by atoms with Crippen LogP contribution in [0.5, 0.6) is 23.0 Å². The van der Waals surface area contributed by atoms with Crippen molar-refractivity contribution in [2.24, 2.45) is 11.8 Å². The standard InChI is InChI=1S/C26H34O11/c1-12-15(10-27)25(37-24(12)13-4-6-16(29)18(8-13)33-2)14-5-7-17(19(9-14)34-3)35-26-23(32)22(31)21(30)20(11-28)36-26/h4-9,12,15,20-32H,10-11H2,1-3H3/t12-,15-,20-,21-,22+,23-,24-,25-,26-/m1/s1. The molecule has 2 aliphatic heterocycles. The van der Waals surface area contributed by atoms with Crippen molar-refractivity contribution in [1.29, 1.82) is 0 Å². The number of aliphatic hydroxyl groups excluding tert-OH is 5. The van der Waals surface area contributed by atoms with Crippen LogP contribution >= 0.6 is 0 Å². The van der Waals surface area contributed by atoms with Crippen molar-refractivity contribution < 1.29 is 54.3 Å². The van der Waals surface area contributed by atoms with Gasteiger partial charge >= 0.3 is 0 Å². The van der Waals surface area contributed by atoms with E-state index in [2.05, 4.69) is 0 Å². The van der Waals surface area contributed by atoms with E-state index in [-0.39, 0.29) is 41.8 Å². The highest BCUT2D eigenvalue weighted by Crippen LogP contribution is 2.50. The van der Waals surface area contributed by atoms with Gasteiger partial charge in [-0.1, -0.05) is 19.1 Å². The summed E-state index contributed by atoms with van der Waals surface area (Å²) < 4.78 is 28.3. The number of rotatable bonds is 8. The predicted octanol–water partition coefficient (Wildman–Crippen LogP) is 0.645. The Hall–Kier alpha value is -2.64. The van der Waals surface area contributed by atoms with Crippen molar-refractivity contribution in [3.63, 3.8) is 0 Å². The number of hydrogen-bond donors (Lipinski definition) is 6. The van der Waals surface area contributed by atoms with Crippen molar-refractivity contribution >= 4 is 0 Å². The molecule has 37 heavy (non-hydrogen) atoms. The van der Waals surface area contributed by atoms with E-state index in [1.807, 2.05) is 6.92 Å². The first-order chi connectivity index (χ1) is 17.7. The Bertz CT molecular complexity index is 1060. The molecule has 9 atom stereocenters. The molecule has 4 rings (SSSR count). The van der Waals surface area contributed by atoms with Gasteiger partial charge in [-0.15, -0.1) is 0 Å². The van der Waals surface area contributed by atoms with E-state index in [0.29, 0.717) is 5.75 Å². The zero-order chi connectivity index (χ0) is 26.9. The lowest BCUT2D eigenvalue weighted by molar-refractivity contribution is -0.277. The third kappa shape index (κ3) is 5.21. The quantitative estimate of drug-likeness (QED) is 0.288. The average Bonchev–Trinajstić information content (AvgIpc) is 3.25. The summed E-state index contributed by atoms with van der Waals surface area (Å²) in [6, 6.07) is 10.0. The third-order valence-electron chi connectivity index (χ3n) is 7.19. The topological polar surface area (TPSA) is 168 Å². The number of phenols is 1. The maximum atomic E-state index is 10.3. The maximum absolute atomic E-state index is 10.3. The van der Waals surface area contributed by atoms with E-state index < -0.39 is 43.4 Å². The van der Waals surface area contributed by atoms with Crippen LogP contribution in [-0.2, 0) is 9.47 Å². The molecule has 2 aliphatic rings. The second kappa shape index (κ2) is 11.4. The molecule has 0 amide bonds. The van der Waals surface area contributed by atoms with Gasteiger partial charge in [-0.3, -0.25) is 0 Å². The minimum atomic E-state index is -1.57. The molecule has 0 unspecified atom stereocenters. The Morgan fingerprint density at radius 2 is 1.41 bits per heavy atom. The molecule has 11 heteroatoms.